The van der Waals surface area contributed by atoms with Crippen molar-refractivity contribution in [2.24, 2.45) is 5.41 Å². The Bertz CT molecular complexity index is 1160. The first-order valence-electron chi connectivity index (χ1n) is 11.1. The highest BCUT2D eigenvalue weighted by molar-refractivity contribution is 5.99. The molecule has 0 fully saturated rings. The van der Waals surface area contributed by atoms with Crippen LogP contribution in [-0.4, -0.2) is 24.3 Å². The van der Waals surface area contributed by atoms with E-state index in [1.807, 2.05) is 30.3 Å². The summed E-state index contributed by atoms with van der Waals surface area (Å²) in [5, 5.41) is 2.77. The van der Waals surface area contributed by atoms with Crippen LogP contribution in [0, 0.1) is 5.41 Å². The number of ether oxygens (including phenoxy) is 2. The summed E-state index contributed by atoms with van der Waals surface area (Å²) < 4.78 is 11.2. The number of nitrogens with one attached hydrogen (secondary N) is 3. The molecule has 0 atom stereocenters. The van der Waals surface area contributed by atoms with E-state index < -0.39 is 17.2 Å². The molecule has 3 aromatic rings. The highest BCUT2D eigenvalue weighted by atomic mass is 16.5. The molecule has 3 rings (SSSR count). The summed E-state index contributed by atoms with van der Waals surface area (Å²) in [6.07, 6.45) is 0. The molecule has 8 nitrogen and oxygen atoms in total. The van der Waals surface area contributed by atoms with E-state index in [4.69, 9.17) is 9.47 Å². The maximum absolute atomic E-state index is 12.4. The Kier molecular flexibility index (Phi) is 8.45. The van der Waals surface area contributed by atoms with Gasteiger partial charge in [-0.25, -0.2) is 0 Å². The van der Waals surface area contributed by atoms with Crippen LogP contribution < -0.4 is 25.6 Å². The molecule has 0 aliphatic rings. The van der Waals surface area contributed by atoms with Gasteiger partial charge in [0.15, 0.2) is 6.61 Å². The first-order valence-corrected chi connectivity index (χ1v) is 11.1. The lowest BCUT2D eigenvalue weighted by atomic mass is 9.95. The highest BCUT2D eigenvalue weighted by Gasteiger charge is 2.21. The third-order valence-corrected chi connectivity index (χ3v) is 4.82. The molecule has 35 heavy (non-hydrogen) atoms. The van der Waals surface area contributed by atoms with Crippen molar-refractivity contribution in [3.63, 3.8) is 0 Å². The van der Waals surface area contributed by atoms with E-state index in [0.29, 0.717) is 23.8 Å². The number of amides is 3. The van der Waals surface area contributed by atoms with Crippen LogP contribution in [0.1, 0.15) is 36.7 Å². The standard InChI is InChI=1S/C27H29N3O5/c1-27(2,3)26(33)28-21-11-7-10-20(16-21)25(32)30-29-24(31)18-35-23-14-12-22(13-15-23)34-17-19-8-5-4-6-9-19/h4-16H,17-18H2,1-3H3,(H,28,33)(H,29,31)(H,30,32). The Morgan fingerprint density at radius 1 is 0.771 bits per heavy atom. The fourth-order valence-electron chi connectivity index (χ4n) is 2.81. The number of carbonyl (C=O) groups is 3. The lowest BCUT2D eigenvalue weighted by Crippen LogP contribution is -2.43. The van der Waals surface area contributed by atoms with E-state index in [1.165, 1.54) is 6.07 Å². The Hall–Kier alpha value is -4.33. The van der Waals surface area contributed by atoms with Crippen molar-refractivity contribution >= 4 is 23.4 Å². The molecule has 0 heterocycles. The summed E-state index contributed by atoms with van der Waals surface area (Å²) in [7, 11) is 0. The number of hydrazine groups is 1. The summed E-state index contributed by atoms with van der Waals surface area (Å²) in [5.41, 5.74) is 5.91. The minimum absolute atomic E-state index is 0.170. The summed E-state index contributed by atoms with van der Waals surface area (Å²) in [6.45, 7) is 5.56. The van der Waals surface area contributed by atoms with Gasteiger partial charge in [0.05, 0.1) is 0 Å². The van der Waals surface area contributed by atoms with Crippen LogP contribution in [-0.2, 0) is 16.2 Å². The maximum Gasteiger partial charge on any atom is 0.276 e. The largest absolute Gasteiger partial charge is 0.489 e. The van der Waals surface area contributed by atoms with Crippen molar-refractivity contribution in [3.8, 4) is 11.5 Å². The fourth-order valence-corrected chi connectivity index (χ4v) is 2.81. The van der Waals surface area contributed by atoms with Gasteiger partial charge in [-0.1, -0.05) is 57.2 Å². The lowest BCUT2D eigenvalue weighted by Gasteiger charge is -2.18. The summed E-state index contributed by atoms with van der Waals surface area (Å²) >= 11 is 0. The molecule has 3 N–H and O–H groups in total. The number of hydrogen-bond acceptors (Lipinski definition) is 5. The van der Waals surface area contributed by atoms with Crippen LogP contribution in [0.2, 0.25) is 0 Å². The molecule has 0 unspecified atom stereocenters. The first kappa shape index (κ1) is 25.3. The number of hydrogen-bond donors (Lipinski definition) is 3. The van der Waals surface area contributed by atoms with Crippen LogP contribution in [0.15, 0.2) is 78.9 Å². The van der Waals surface area contributed by atoms with Gasteiger partial charge in [0, 0.05) is 16.7 Å². The molecule has 3 amide bonds. The maximum atomic E-state index is 12.4. The van der Waals surface area contributed by atoms with E-state index in [0.717, 1.165) is 5.56 Å². The average molecular weight is 476 g/mol. The van der Waals surface area contributed by atoms with Crippen LogP contribution in [0.5, 0.6) is 11.5 Å². The van der Waals surface area contributed by atoms with Crippen molar-refractivity contribution in [2.45, 2.75) is 27.4 Å². The molecule has 0 aromatic heterocycles. The minimum atomic E-state index is -0.568. The van der Waals surface area contributed by atoms with Crippen LogP contribution in [0.25, 0.3) is 0 Å². The highest BCUT2D eigenvalue weighted by Crippen LogP contribution is 2.19. The predicted octanol–water partition coefficient (Wildman–Crippen LogP) is 4.09. The fraction of sp³-hybridized carbons (Fsp3) is 0.222. The van der Waals surface area contributed by atoms with Crippen molar-refractivity contribution in [2.75, 3.05) is 11.9 Å². The predicted molar refractivity (Wildman–Crippen MR) is 133 cm³/mol. The number of anilines is 1. The minimum Gasteiger partial charge on any atom is -0.489 e. The van der Waals surface area contributed by atoms with E-state index >= 15 is 0 Å². The molecule has 182 valence electrons. The molecule has 0 aliphatic heterocycles. The topological polar surface area (TPSA) is 106 Å². The summed E-state index contributed by atoms with van der Waals surface area (Å²) in [4.78, 5) is 36.6. The number of rotatable bonds is 8. The Morgan fingerprint density at radius 2 is 1.43 bits per heavy atom. The molecular formula is C27H29N3O5. The SMILES string of the molecule is CC(C)(C)C(=O)Nc1cccc(C(=O)NNC(=O)COc2ccc(OCc3ccccc3)cc2)c1. The van der Waals surface area contributed by atoms with Gasteiger partial charge in [0.1, 0.15) is 18.1 Å². The molecular weight excluding hydrogens is 446 g/mol. The molecule has 0 radical (unpaired) electrons. The first-order chi connectivity index (χ1) is 16.7. The van der Waals surface area contributed by atoms with E-state index in [-0.39, 0.29) is 18.1 Å². The smallest absolute Gasteiger partial charge is 0.276 e. The van der Waals surface area contributed by atoms with Gasteiger partial charge >= 0.3 is 0 Å². The second-order valence-electron chi connectivity index (χ2n) is 8.82. The summed E-state index contributed by atoms with van der Waals surface area (Å²) in [6, 6.07) is 23.2. The molecule has 0 aliphatic carbocycles. The van der Waals surface area contributed by atoms with Crippen molar-refractivity contribution in [1.29, 1.82) is 0 Å². The monoisotopic (exact) mass is 475 g/mol. The van der Waals surface area contributed by atoms with Gasteiger partial charge in [0.2, 0.25) is 5.91 Å². The molecule has 0 saturated heterocycles. The second kappa shape index (κ2) is 11.7. The van der Waals surface area contributed by atoms with Gasteiger partial charge in [-0.2, -0.15) is 0 Å². The normalized spacial score (nSPS) is 10.7. The van der Waals surface area contributed by atoms with E-state index in [9.17, 15) is 14.4 Å². The quantitative estimate of drug-likeness (QED) is 0.426. The Labute approximate surface area is 204 Å². The zero-order valence-electron chi connectivity index (χ0n) is 20.0. The molecule has 0 bridgehead atoms. The van der Waals surface area contributed by atoms with Gasteiger partial charge in [-0.05, 0) is 48.0 Å². The molecule has 0 spiro atoms. The van der Waals surface area contributed by atoms with Gasteiger partial charge in [-0.3, -0.25) is 25.2 Å². The summed E-state index contributed by atoms with van der Waals surface area (Å²) in [5.74, 6) is -0.0546. The van der Waals surface area contributed by atoms with Crippen LogP contribution in [0.3, 0.4) is 0 Å². The third-order valence-electron chi connectivity index (χ3n) is 4.82. The van der Waals surface area contributed by atoms with Crippen molar-refractivity contribution < 1.29 is 23.9 Å². The number of benzene rings is 3. The van der Waals surface area contributed by atoms with E-state index in [2.05, 4.69) is 16.2 Å². The second-order valence-corrected chi connectivity index (χ2v) is 8.82. The van der Waals surface area contributed by atoms with Crippen molar-refractivity contribution in [3.05, 3.63) is 90.0 Å². The molecule has 0 saturated carbocycles. The zero-order chi connectivity index (χ0) is 25.3. The number of carbonyl (C=O) groups excluding carboxylic acids is 3. The average Bonchev–Trinajstić information content (AvgIpc) is 2.85. The Balaban J connectivity index is 1.42. The van der Waals surface area contributed by atoms with Crippen molar-refractivity contribution in [1.82, 2.24) is 10.9 Å². The zero-order valence-corrected chi connectivity index (χ0v) is 20.0. The molecule has 3 aromatic carbocycles. The van der Waals surface area contributed by atoms with Crippen LogP contribution in [0.4, 0.5) is 5.69 Å². The van der Waals surface area contributed by atoms with Gasteiger partial charge in [0.25, 0.3) is 11.8 Å². The molecule has 8 heteroatoms. The van der Waals surface area contributed by atoms with Gasteiger partial charge < -0.3 is 14.8 Å². The third kappa shape index (κ3) is 8.19. The van der Waals surface area contributed by atoms with Gasteiger partial charge in [-0.15, -0.1) is 0 Å². The van der Waals surface area contributed by atoms with E-state index in [1.54, 1.807) is 63.2 Å². The van der Waals surface area contributed by atoms with Crippen LogP contribution >= 0.6 is 0 Å². The Morgan fingerprint density at radius 3 is 2.09 bits per heavy atom. The lowest BCUT2D eigenvalue weighted by molar-refractivity contribution is -0.124.